The molecule has 2 N–H and O–H groups in total. The maximum absolute atomic E-state index is 11.3. The van der Waals surface area contributed by atoms with E-state index in [1.165, 1.54) is 12.6 Å². The lowest BCUT2D eigenvalue weighted by Crippen LogP contribution is -2.11. The molecule has 0 unspecified atom stereocenters. The summed E-state index contributed by atoms with van der Waals surface area (Å²) in [6.07, 6.45) is 3.16. The molecule has 0 saturated carbocycles. The Hall–Kier alpha value is -2.96. The number of fused-ring (bicyclic) bond motifs is 1. The maximum Gasteiger partial charge on any atom is 0.339 e. The van der Waals surface area contributed by atoms with Crippen molar-refractivity contribution in [3.63, 3.8) is 0 Å². The van der Waals surface area contributed by atoms with Crippen molar-refractivity contribution in [2.24, 2.45) is 0 Å². The Bertz CT molecular complexity index is 771. The van der Waals surface area contributed by atoms with E-state index in [2.05, 4.69) is 25.0 Å². The molecule has 0 bridgehead atoms. The number of aromatic carboxylic acids is 1. The van der Waals surface area contributed by atoms with Crippen LogP contribution >= 0.6 is 0 Å². The highest BCUT2D eigenvalue weighted by Crippen LogP contribution is 2.25. The molecule has 0 spiro atoms. The number of anilines is 1. The molecule has 106 valence electrons. The van der Waals surface area contributed by atoms with Gasteiger partial charge < -0.3 is 14.9 Å². The second-order valence-corrected chi connectivity index (χ2v) is 4.39. The Kier molecular flexibility index (Phi) is 3.46. The third-order valence-corrected chi connectivity index (χ3v) is 3.06. The molecule has 0 aliphatic heterocycles. The van der Waals surface area contributed by atoms with Crippen LogP contribution in [0.5, 0.6) is 0 Å². The van der Waals surface area contributed by atoms with Crippen LogP contribution in [0, 0.1) is 0 Å². The van der Waals surface area contributed by atoms with Crippen LogP contribution < -0.4 is 5.32 Å². The van der Waals surface area contributed by atoms with Gasteiger partial charge in [0.2, 0.25) is 6.39 Å². The molecule has 0 atom stereocenters. The summed E-state index contributed by atoms with van der Waals surface area (Å²) >= 11 is 0. The number of rotatable bonds is 5. The van der Waals surface area contributed by atoms with Crippen molar-refractivity contribution in [3.05, 3.63) is 48.2 Å². The van der Waals surface area contributed by atoms with Gasteiger partial charge in [0.15, 0.2) is 5.82 Å². The van der Waals surface area contributed by atoms with Crippen LogP contribution in [0.3, 0.4) is 0 Å². The van der Waals surface area contributed by atoms with Gasteiger partial charge in [0, 0.05) is 24.5 Å². The van der Waals surface area contributed by atoms with E-state index < -0.39 is 5.97 Å². The first-order valence-electron chi connectivity index (χ1n) is 6.36. The lowest BCUT2D eigenvalue weighted by atomic mass is 10.1. The lowest BCUT2D eigenvalue weighted by molar-refractivity contribution is 0.0697. The number of para-hydroxylation sites is 1. The topological polar surface area (TPSA) is 101 Å². The Morgan fingerprint density at radius 1 is 1.29 bits per heavy atom. The van der Waals surface area contributed by atoms with Gasteiger partial charge >= 0.3 is 5.97 Å². The van der Waals surface area contributed by atoms with E-state index in [-0.39, 0.29) is 5.56 Å². The molecule has 0 radical (unpaired) electrons. The van der Waals surface area contributed by atoms with E-state index in [0.29, 0.717) is 24.5 Å². The highest BCUT2D eigenvalue weighted by Gasteiger charge is 2.14. The number of hydrogen-bond acceptors (Lipinski definition) is 6. The quantitative estimate of drug-likeness (QED) is 0.738. The van der Waals surface area contributed by atoms with Gasteiger partial charge in [0.05, 0.1) is 11.2 Å². The summed E-state index contributed by atoms with van der Waals surface area (Å²) in [5.74, 6) is -0.451. The molecule has 21 heavy (non-hydrogen) atoms. The van der Waals surface area contributed by atoms with Crippen molar-refractivity contribution in [1.29, 1.82) is 0 Å². The van der Waals surface area contributed by atoms with Gasteiger partial charge in [-0.15, -0.1) is 0 Å². The third kappa shape index (κ3) is 2.66. The summed E-state index contributed by atoms with van der Waals surface area (Å²) in [5, 5.41) is 16.9. The molecular formula is C14H12N4O3. The van der Waals surface area contributed by atoms with E-state index in [1.807, 2.05) is 24.3 Å². The number of carboxylic acid groups (broad SMARTS) is 1. The molecule has 7 nitrogen and oxygen atoms in total. The van der Waals surface area contributed by atoms with Crippen LogP contribution in [0.4, 0.5) is 5.69 Å². The van der Waals surface area contributed by atoms with Gasteiger partial charge in [-0.05, 0) is 6.07 Å². The molecule has 0 fully saturated rings. The lowest BCUT2D eigenvalue weighted by Gasteiger charge is -2.11. The fraction of sp³-hybridized carbons (Fsp3) is 0.143. The van der Waals surface area contributed by atoms with E-state index in [0.717, 1.165) is 10.9 Å². The van der Waals surface area contributed by atoms with Crippen molar-refractivity contribution in [1.82, 2.24) is 15.1 Å². The summed E-state index contributed by atoms with van der Waals surface area (Å²) in [6, 6.07) is 7.38. The minimum atomic E-state index is -1.02. The first-order chi connectivity index (χ1) is 10.3. The number of carboxylic acids is 1. The third-order valence-electron chi connectivity index (χ3n) is 3.06. The molecule has 0 amide bonds. The number of carbonyl (C=O) groups is 1. The predicted octanol–water partition coefficient (Wildman–Crippen LogP) is 1.97. The number of nitrogens with zero attached hydrogens (tertiary/aromatic N) is 3. The van der Waals surface area contributed by atoms with Crippen LogP contribution in [0.15, 0.2) is 41.4 Å². The Balaban J connectivity index is 1.90. The zero-order chi connectivity index (χ0) is 14.7. The van der Waals surface area contributed by atoms with E-state index in [1.54, 1.807) is 0 Å². The SMILES string of the molecule is O=C(O)c1cnc2ccccc2c1NCCc1ncon1. The molecule has 0 aliphatic carbocycles. The fourth-order valence-electron chi connectivity index (χ4n) is 2.10. The first-order valence-corrected chi connectivity index (χ1v) is 6.36. The van der Waals surface area contributed by atoms with Crippen molar-refractivity contribution < 1.29 is 14.4 Å². The van der Waals surface area contributed by atoms with Crippen LogP contribution in [0.25, 0.3) is 10.9 Å². The zero-order valence-electron chi connectivity index (χ0n) is 11.0. The molecule has 3 rings (SSSR count). The van der Waals surface area contributed by atoms with Gasteiger partial charge in [-0.25, -0.2) is 4.79 Å². The van der Waals surface area contributed by atoms with Gasteiger partial charge in [-0.1, -0.05) is 23.4 Å². The summed E-state index contributed by atoms with van der Waals surface area (Å²) in [7, 11) is 0. The predicted molar refractivity (Wildman–Crippen MR) is 75.2 cm³/mol. The summed E-state index contributed by atoms with van der Waals surface area (Å²) in [5.41, 5.74) is 1.43. The van der Waals surface area contributed by atoms with Crippen LogP contribution in [0.2, 0.25) is 0 Å². The molecule has 0 aliphatic rings. The number of pyridine rings is 1. The normalized spacial score (nSPS) is 10.7. The summed E-state index contributed by atoms with van der Waals surface area (Å²) in [4.78, 5) is 19.4. The summed E-state index contributed by atoms with van der Waals surface area (Å²) < 4.78 is 4.66. The Morgan fingerprint density at radius 2 is 2.14 bits per heavy atom. The molecular weight excluding hydrogens is 272 g/mol. The van der Waals surface area contributed by atoms with Gasteiger partial charge in [0.25, 0.3) is 0 Å². The second-order valence-electron chi connectivity index (χ2n) is 4.39. The average molecular weight is 284 g/mol. The number of nitrogens with one attached hydrogen (secondary N) is 1. The molecule has 2 heterocycles. The van der Waals surface area contributed by atoms with Crippen LogP contribution in [-0.2, 0) is 6.42 Å². The van der Waals surface area contributed by atoms with Gasteiger partial charge in [-0.3, -0.25) is 4.98 Å². The highest BCUT2D eigenvalue weighted by atomic mass is 16.5. The molecule has 1 aromatic carbocycles. The number of hydrogen-bond donors (Lipinski definition) is 2. The average Bonchev–Trinajstić information content (AvgIpc) is 3.00. The first kappa shape index (κ1) is 13.0. The molecule has 3 aromatic rings. The zero-order valence-corrected chi connectivity index (χ0v) is 11.0. The Labute approximate surface area is 119 Å². The monoisotopic (exact) mass is 284 g/mol. The van der Waals surface area contributed by atoms with E-state index >= 15 is 0 Å². The number of benzene rings is 1. The standard InChI is InChI=1S/C14H12N4O3/c19-14(20)10-7-16-11-4-2-1-3-9(11)13(10)15-6-5-12-17-8-21-18-12/h1-4,7-8H,5-6H2,(H,15,16)(H,19,20). The minimum absolute atomic E-state index is 0.141. The smallest absolute Gasteiger partial charge is 0.339 e. The van der Waals surface area contributed by atoms with Crippen molar-refractivity contribution in [2.45, 2.75) is 6.42 Å². The van der Waals surface area contributed by atoms with Crippen molar-refractivity contribution >= 4 is 22.6 Å². The number of aromatic nitrogens is 3. The highest BCUT2D eigenvalue weighted by molar-refractivity contribution is 6.04. The van der Waals surface area contributed by atoms with Crippen LogP contribution in [0.1, 0.15) is 16.2 Å². The molecule has 0 saturated heterocycles. The van der Waals surface area contributed by atoms with E-state index in [4.69, 9.17) is 0 Å². The maximum atomic E-state index is 11.3. The van der Waals surface area contributed by atoms with Crippen LogP contribution in [-0.4, -0.2) is 32.7 Å². The van der Waals surface area contributed by atoms with Crippen molar-refractivity contribution in [3.8, 4) is 0 Å². The van der Waals surface area contributed by atoms with Crippen molar-refractivity contribution in [2.75, 3.05) is 11.9 Å². The minimum Gasteiger partial charge on any atom is -0.478 e. The molecule has 7 heteroatoms. The largest absolute Gasteiger partial charge is 0.478 e. The van der Waals surface area contributed by atoms with Gasteiger partial charge in [-0.2, -0.15) is 4.98 Å². The van der Waals surface area contributed by atoms with Gasteiger partial charge in [0.1, 0.15) is 5.56 Å². The molecule has 2 aromatic heterocycles. The second kappa shape index (κ2) is 5.58. The van der Waals surface area contributed by atoms with E-state index in [9.17, 15) is 9.90 Å². The summed E-state index contributed by atoms with van der Waals surface area (Å²) in [6.45, 7) is 0.494. The Morgan fingerprint density at radius 3 is 2.90 bits per heavy atom. The fourth-order valence-corrected chi connectivity index (χ4v) is 2.10.